The highest BCUT2D eigenvalue weighted by Crippen LogP contribution is 2.42. The number of aryl methyl sites for hydroxylation is 1. The van der Waals surface area contributed by atoms with Crippen molar-refractivity contribution in [1.29, 1.82) is 0 Å². The zero-order valence-corrected chi connectivity index (χ0v) is 12.1. The van der Waals surface area contributed by atoms with Gasteiger partial charge in [0.2, 0.25) is 0 Å². The average molecular weight is 264 g/mol. The zero-order valence-electron chi connectivity index (χ0n) is 12.1. The molecule has 1 heterocycles. The fraction of sp³-hybridized carbons (Fsp3) is 0.625. The van der Waals surface area contributed by atoms with Crippen molar-refractivity contribution in [2.75, 3.05) is 6.61 Å². The molecule has 0 fully saturated rings. The zero-order chi connectivity index (χ0) is 14.0. The first kappa shape index (κ1) is 14.2. The number of phenols is 1. The molecular formula is C16H24O3. The lowest BCUT2D eigenvalue weighted by molar-refractivity contribution is -0.0116. The number of hydrogen-bond acceptors (Lipinski definition) is 3. The molecule has 1 aromatic rings. The molecule has 0 radical (unpaired) electrons. The molecule has 0 bridgehead atoms. The molecule has 2 rings (SSSR count). The SMILES string of the molecule is CCc1cc(O)c(CC)c2c1OC(CC)(CO)CC2. The summed E-state index contributed by atoms with van der Waals surface area (Å²) < 4.78 is 6.18. The first-order valence-electron chi connectivity index (χ1n) is 7.27. The summed E-state index contributed by atoms with van der Waals surface area (Å²) >= 11 is 0. The Bertz CT molecular complexity index is 462. The van der Waals surface area contributed by atoms with Crippen LogP contribution in [-0.4, -0.2) is 22.4 Å². The van der Waals surface area contributed by atoms with E-state index >= 15 is 0 Å². The molecule has 1 unspecified atom stereocenters. The smallest absolute Gasteiger partial charge is 0.132 e. The Morgan fingerprint density at radius 1 is 1.26 bits per heavy atom. The molecule has 0 spiro atoms. The van der Waals surface area contributed by atoms with Gasteiger partial charge in [-0.3, -0.25) is 0 Å². The minimum Gasteiger partial charge on any atom is -0.508 e. The molecule has 1 aliphatic rings. The van der Waals surface area contributed by atoms with Gasteiger partial charge in [0.15, 0.2) is 0 Å². The van der Waals surface area contributed by atoms with Crippen LogP contribution in [0.3, 0.4) is 0 Å². The van der Waals surface area contributed by atoms with Crippen LogP contribution in [0.25, 0.3) is 0 Å². The van der Waals surface area contributed by atoms with Gasteiger partial charge in [-0.2, -0.15) is 0 Å². The van der Waals surface area contributed by atoms with Crippen molar-refractivity contribution in [2.24, 2.45) is 0 Å². The summed E-state index contributed by atoms with van der Waals surface area (Å²) in [6, 6.07) is 1.82. The van der Waals surface area contributed by atoms with Gasteiger partial charge in [-0.15, -0.1) is 0 Å². The number of fused-ring (bicyclic) bond motifs is 1. The topological polar surface area (TPSA) is 49.7 Å². The van der Waals surface area contributed by atoms with E-state index in [1.54, 1.807) is 0 Å². The van der Waals surface area contributed by atoms with Gasteiger partial charge in [-0.1, -0.05) is 20.8 Å². The number of rotatable bonds is 4. The van der Waals surface area contributed by atoms with Crippen LogP contribution < -0.4 is 4.74 Å². The fourth-order valence-electron chi connectivity index (χ4n) is 2.94. The largest absolute Gasteiger partial charge is 0.508 e. The Labute approximate surface area is 115 Å². The van der Waals surface area contributed by atoms with Crippen LogP contribution in [-0.2, 0) is 19.3 Å². The molecular weight excluding hydrogens is 240 g/mol. The minimum absolute atomic E-state index is 0.0500. The van der Waals surface area contributed by atoms with E-state index in [0.29, 0.717) is 5.75 Å². The number of aliphatic hydroxyl groups excluding tert-OH is 1. The van der Waals surface area contributed by atoms with E-state index in [0.717, 1.165) is 54.5 Å². The van der Waals surface area contributed by atoms with Crippen molar-refractivity contribution < 1.29 is 14.9 Å². The Morgan fingerprint density at radius 3 is 2.53 bits per heavy atom. The van der Waals surface area contributed by atoms with Crippen LogP contribution in [0, 0.1) is 0 Å². The van der Waals surface area contributed by atoms with E-state index < -0.39 is 5.60 Å². The summed E-state index contributed by atoms with van der Waals surface area (Å²) in [5.74, 6) is 1.29. The lowest BCUT2D eigenvalue weighted by atomic mass is 9.85. The third-order valence-corrected chi connectivity index (χ3v) is 4.37. The van der Waals surface area contributed by atoms with E-state index in [9.17, 15) is 10.2 Å². The summed E-state index contributed by atoms with van der Waals surface area (Å²) in [4.78, 5) is 0. The number of aromatic hydroxyl groups is 1. The molecule has 2 N–H and O–H groups in total. The summed E-state index contributed by atoms with van der Waals surface area (Å²) in [6.07, 6.45) is 4.11. The second kappa shape index (κ2) is 5.41. The maximum atomic E-state index is 10.1. The van der Waals surface area contributed by atoms with Crippen LogP contribution >= 0.6 is 0 Å². The number of phenolic OH excluding ortho intramolecular Hbond substituents is 1. The predicted molar refractivity (Wildman–Crippen MR) is 75.9 cm³/mol. The molecule has 0 amide bonds. The van der Waals surface area contributed by atoms with Crippen LogP contribution in [0.15, 0.2) is 6.07 Å². The molecule has 1 aliphatic heterocycles. The van der Waals surface area contributed by atoms with Crippen molar-refractivity contribution in [2.45, 2.75) is 58.5 Å². The van der Waals surface area contributed by atoms with Crippen LogP contribution in [0.5, 0.6) is 11.5 Å². The second-order valence-corrected chi connectivity index (χ2v) is 5.34. The molecule has 1 atom stereocenters. The number of hydrogen-bond donors (Lipinski definition) is 2. The highest BCUT2D eigenvalue weighted by atomic mass is 16.5. The van der Waals surface area contributed by atoms with E-state index in [4.69, 9.17) is 4.74 Å². The summed E-state index contributed by atoms with van der Waals surface area (Å²) in [5.41, 5.74) is 2.72. The van der Waals surface area contributed by atoms with Crippen LogP contribution in [0.2, 0.25) is 0 Å². The maximum absolute atomic E-state index is 10.1. The lowest BCUT2D eigenvalue weighted by Crippen LogP contribution is -2.43. The van der Waals surface area contributed by atoms with Crippen molar-refractivity contribution >= 4 is 0 Å². The Hall–Kier alpha value is -1.22. The van der Waals surface area contributed by atoms with Gasteiger partial charge in [-0.25, -0.2) is 0 Å². The molecule has 0 aliphatic carbocycles. The van der Waals surface area contributed by atoms with Gasteiger partial charge in [0.25, 0.3) is 0 Å². The van der Waals surface area contributed by atoms with E-state index in [1.807, 2.05) is 13.0 Å². The molecule has 19 heavy (non-hydrogen) atoms. The van der Waals surface area contributed by atoms with Crippen molar-refractivity contribution in [1.82, 2.24) is 0 Å². The van der Waals surface area contributed by atoms with Gasteiger partial charge in [0.1, 0.15) is 17.1 Å². The Balaban J connectivity index is 2.54. The van der Waals surface area contributed by atoms with Crippen molar-refractivity contribution in [3.8, 4) is 11.5 Å². The van der Waals surface area contributed by atoms with Gasteiger partial charge in [0.05, 0.1) is 6.61 Å². The van der Waals surface area contributed by atoms with Crippen molar-refractivity contribution in [3.05, 3.63) is 22.8 Å². The molecule has 3 heteroatoms. The molecule has 1 aromatic carbocycles. The highest BCUT2D eigenvalue weighted by molar-refractivity contribution is 5.54. The molecule has 106 valence electrons. The van der Waals surface area contributed by atoms with Crippen LogP contribution in [0.1, 0.15) is 50.3 Å². The monoisotopic (exact) mass is 264 g/mol. The first-order valence-corrected chi connectivity index (χ1v) is 7.27. The van der Waals surface area contributed by atoms with E-state index in [2.05, 4.69) is 13.8 Å². The molecule has 0 aromatic heterocycles. The average Bonchev–Trinajstić information content (AvgIpc) is 2.46. The van der Waals surface area contributed by atoms with Crippen molar-refractivity contribution in [3.63, 3.8) is 0 Å². The standard InChI is InChI=1S/C16H24O3/c1-4-11-9-14(18)12(5-2)13-7-8-16(6-3,10-17)19-15(11)13/h9,17-18H,4-8,10H2,1-3H3. The Kier molecular flexibility index (Phi) is 4.04. The predicted octanol–water partition coefficient (Wildman–Crippen LogP) is 2.98. The quantitative estimate of drug-likeness (QED) is 0.879. The minimum atomic E-state index is -0.446. The lowest BCUT2D eigenvalue weighted by Gasteiger charge is -2.38. The maximum Gasteiger partial charge on any atom is 0.132 e. The normalized spacial score (nSPS) is 21.9. The summed E-state index contributed by atoms with van der Waals surface area (Å²) in [5, 5.41) is 19.8. The molecule has 3 nitrogen and oxygen atoms in total. The third kappa shape index (κ3) is 2.32. The number of benzene rings is 1. The highest BCUT2D eigenvalue weighted by Gasteiger charge is 2.36. The summed E-state index contributed by atoms with van der Waals surface area (Å²) in [6.45, 7) is 6.21. The molecule has 0 saturated carbocycles. The number of aliphatic hydroxyl groups is 1. The first-order chi connectivity index (χ1) is 9.10. The van der Waals surface area contributed by atoms with E-state index in [1.165, 1.54) is 0 Å². The van der Waals surface area contributed by atoms with E-state index in [-0.39, 0.29) is 6.61 Å². The summed E-state index contributed by atoms with van der Waals surface area (Å²) in [7, 11) is 0. The second-order valence-electron chi connectivity index (χ2n) is 5.34. The Morgan fingerprint density at radius 2 is 2.00 bits per heavy atom. The number of ether oxygens (including phenoxy) is 1. The molecule has 0 saturated heterocycles. The van der Waals surface area contributed by atoms with Gasteiger partial charge in [-0.05, 0) is 43.7 Å². The third-order valence-electron chi connectivity index (χ3n) is 4.37. The fourth-order valence-corrected chi connectivity index (χ4v) is 2.94. The van der Waals surface area contributed by atoms with Gasteiger partial charge >= 0.3 is 0 Å². The van der Waals surface area contributed by atoms with Crippen LogP contribution in [0.4, 0.5) is 0 Å². The van der Waals surface area contributed by atoms with Gasteiger partial charge < -0.3 is 14.9 Å². The van der Waals surface area contributed by atoms with Gasteiger partial charge in [0, 0.05) is 11.1 Å².